The molecule has 0 unspecified atom stereocenters. The van der Waals surface area contributed by atoms with Gasteiger partial charge in [-0.15, -0.1) is 0 Å². The van der Waals surface area contributed by atoms with Gasteiger partial charge in [0.25, 0.3) is 0 Å². The van der Waals surface area contributed by atoms with Gasteiger partial charge < -0.3 is 9.82 Å². The van der Waals surface area contributed by atoms with Gasteiger partial charge >= 0.3 is 0 Å². The molecule has 0 saturated heterocycles. The van der Waals surface area contributed by atoms with Crippen molar-refractivity contribution < 1.29 is 4.84 Å². The molecule has 0 spiro atoms. The molecule has 0 aliphatic rings. The highest BCUT2D eigenvalue weighted by Crippen LogP contribution is 2.16. The van der Waals surface area contributed by atoms with Crippen LogP contribution in [0.3, 0.4) is 0 Å². The molecule has 0 aliphatic carbocycles. The maximum atomic E-state index is 11.0. The van der Waals surface area contributed by atoms with Crippen molar-refractivity contribution in [2.24, 2.45) is 5.90 Å². The number of fused-ring (bicyclic) bond motifs is 1. The van der Waals surface area contributed by atoms with Crippen LogP contribution in [0.1, 0.15) is 0 Å². The lowest BCUT2D eigenvalue weighted by Crippen LogP contribution is -2.04. The molecule has 0 amide bonds. The molecular weight excluding hydrogens is 168 g/mol. The molecule has 0 atom stereocenters. The minimum atomic E-state index is -0.137. The number of aromatic nitrogens is 1. The molecule has 66 valence electrons. The van der Waals surface area contributed by atoms with Crippen LogP contribution in [-0.4, -0.2) is 4.98 Å². The molecule has 1 aromatic heterocycles. The fraction of sp³-hybridized carbons (Fsp3) is 0. The molecule has 0 fully saturated rings. The van der Waals surface area contributed by atoms with Crippen molar-refractivity contribution >= 4 is 10.9 Å². The first-order valence-electron chi connectivity index (χ1n) is 3.79. The van der Waals surface area contributed by atoms with Gasteiger partial charge in [-0.1, -0.05) is 0 Å². The van der Waals surface area contributed by atoms with Crippen LogP contribution in [0.15, 0.2) is 35.1 Å². The predicted molar refractivity (Wildman–Crippen MR) is 49.4 cm³/mol. The SMILES string of the molecule is NOc1ccc2ccc(=O)[nH]c2c1. The van der Waals surface area contributed by atoms with Crippen molar-refractivity contribution in [2.75, 3.05) is 0 Å². The molecule has 4 nitrogen and oxygen atoms in total. The number of nitrogens with one attached hydrogen (secondary N) is 1. The average molecular weight is 176 g/mol. The van der Waals surface area contributed by atoms with E-state index in [0.29, 0.717) is 5.75 Å². The van der Waals surface area contributed by atoms with Gasteiger partial charge in [0.15, 0.2) is 0 Å². The number of pyridine rings is 1. The largest absolute Gasteiger partial charge is 0.411 e. The van der Waals surface area contributed by atoms with Crippen molar-refractivity contribution in [1.29, 1.82) is 0 Å². The highest BCUT2D eigenvalue weighted by atomic mass is 16.6. The van der Waals surface area contributed by atoms with Gasteiger partial charge in [0.1, 0.15) is 5.75 Å². The lowest BCUT2D eigenvalue weighted by molar-refractivity contribution is 0.335. The number of H-pyrrole nitrogens is 1. The third-order valence-electron chi connectivity index (χ3n) is 1.83. The predicted octanol–water partition coefficient (Wildman–Crippen LogP) is 0.781. The van der Waals surface area contributed by atoms with Crippen LogP contribution in [0.25, 0.3) is 10.9 Å². The molecule has 2 rings (SSSR count). The second kappa shape index (κ2) is 2.91. The fourth-order valence-electron chi connectivity index (χ4n) is 1.20. The van der Waals surface area contributed by atoms with E-state index in [9.17, 15) is 4.79 Å². The lowest BCUT2D eigenvalue weighted by atomic mass is 10.2. The third-order valence-corrected chi connectivity index (χ3v) is 1.83. The molecule has 0 bridgehead atoms. The van der Waals surface area contributed by atoms with E-state index in [1.54, 1.807) is 18.2 Å². The summed E-state index contributed by atoms with van der Waals surface area (Å²) in [5.41, 5.74) is 0.581. The Bertz CT molecular complexity index is 490. The molecule has 1 heterocycles. The highest BCUT2D eigenvalue weighted by molar-refractivity contribution is 5.79. The van der Waals surface area contributed by atoms with Gasteiger partial charge in [0, 0.05) is 12.1 Å². The van der Waals surface area contributed by atoms with Gasteiger partial charge in [-0.05, 0) is 23.6 Å². The van der Waals surface area contributed by atoms with Crippen molar-refractivity contribution in [1.82, 2.24) is 4.98 Å². The van der Waals surface area contributed by atoms with Gasteiger partial charge in [-0.3, -0.25) is 4.79 Å². The van der Waals surface area contributed by atoms with Gasteiger partial charge in [-0.2, -0.15) is 5.90 Å². The summed E-state index contributed by atoms with van der Waals surface area (Å²) < 4.78 is 0. The molecule has 3 N–H and O–H groups in total. The monoisotopic (exact) mass is 176 g/mol. The van der Waals surface area contributed by atoms with Crippen molar-refractivity contribution in [3.05, 3.63) is 40.7 Å². The van der Waals surface area contributed by atoms with Crippen LogP contribution in [0, 0.1) is 0 Å². The summed E-state index contributed by atoms with van der Waals surface area (Å²) in [5, 5.41) is 0.945. The summed E-state index contributed by atoms with van der Waals surface area (Å²) >= 11 is 0. The van der Waals surface area contributed by atoms with Crippen LogP contribution in [-0.2, 0) is 0 Å². The maximum Gasteiger partial charge on any atom is 0.248 e. The minimum Gasteiger partial charge on any atom is -0.411 e. The first kappa shape index (κ1) is 7.82. The van der Waals surface area contributed by atoms with Gasteiger partial charge in [0.2, 0.25) is 5.56 Å². The van der Waals surface area contributed by atoms with Crippen LogP contribution in [0.4, 0.5) is 0 Å². The van der Waals surface area contributed by atoms with Crippen LogP contribution in [0.2, 0.25) is 0 Å². The Morgan fingerprint density at radius 1 is 1.23 bits per heavy atom. The summed E-state index contributed by atoms with van der Waals surface area (Å²) in [6, 6.07) is 8.46. The molecule has 4 heteroatoms. The number of aromatic amines is 1. The zero-order valence-corrected chi connectivity index (χ0v) is 6.78. The van der Waals surface area contributed by atoms with Crippen molar-refractivity contribution in [3.8, 4) is 5.75 Å². The summed E-state index contributed by atoms with van der Waals surface area (Å²) in [5.74, 6) is 5.51. The number of hydrogen-bond acceptors (Lipinski definition) is 3. The Kier molecular flexibility index (Phi) is 1.75. The Labute approximate surface area is 73.9 Å². The van der Waals surface area contributed by atoms with Crippen molar-refractivity contribution in [3.63, 3.8) is 0 Å². The van der Waals surface area contributed by atoms with E-state index in [1.807, 2.05) is 6.07 Å². The summed E-state index contributed by atoms with van der Waals surface area (Å²) in [6.07, 6.45) is 0. The molecule has 2 aromatic rings. The second-order valence-corrected chi connectivity index (χ2v) is 2.69. The van der Waals surface area contributed by atoms with Crippen molar-refractivity contribution in [2.45, 2.75) is 0 Å². The van der Waals surface area contributed by atoms with Gasteiger partial charge in [-0.25, -0.2) is 0 Å². The smallest absolute Gasteiger partial charge is 0.248 e. The molecule has 0 radical (unpaired) electrons. The van der Waals surface area contributed by atoms with Crippen LogP contribution >= 0.6 is 0 Å². The van der Waals surface area contributed by atoms with Crippen LogP contribution in [0.5, 0.6) is 5.75 Å². The zero-order valence-electron chi connectivity index (χ0n) is 6.78. The second-order valence-electron chi connectivity index (χ2n) is 2.69. The standard InChI is InChI=1S/C9H8N2O2/c10-13-7-3-1-6-2-4-9(12)11-8(6)5-7/h1-5H,10H2,(H,11,12). The number of nitrogens with two attached hydrogens (primary N) is 1. The van der Waals surface area contributed by atoms with E-state index in [2.05, 4.69) is 9.82 Å². The minimum absolute atomic E-state index is 0.137. The van der Waals surface area contributed by atoms with E-state index in [1.165, 1.54) is 6.07 Å². The van der Waals surface area contributed by atoms with E-state index < -0.39 is 0 Å². The Morgan fingerprint density at radius 3 is 2.77 bits per heavy atom. The lowest BCUT2D eigenvalue weighted by Gasteiger charge is -2.00. The summed E-state index contributed by atoms with van der Waals surface area (Å²) in [7, 11) is 0. The first-order chi connectivity index (χ1) is 6.29. The maximum absolute atomic E-state index is 11.0. The molecule has 1 aromatic carbocycles. The van der Waals surface area contributed by atoms with E-state index >= 15 is 0 Å². The highest BCUT2D eigenvalue weighted by Gasteiger charge is 1.96. The third kappa shape index (κ3) is 1.39. The molecule has 0 aliphatic heterocycles. The first-order valence-corrected chi connectivity index (χ1v) is 3.79. The normalized spacial score (nSPS) is 10.2. The molecular formula is C9H8N2O2. The Hall–Kier alpha value is -1.81. The Balaban J connectivity index is 2.75. The number of rotatable bonds is 1. The van der Waals surface area contributed by atoms with Crippen LogP contribution < -0.4 is 16.3 Å². The van der Waals surface area contributed by atoms with E-state index in [4.69, 9.17) is 5.90 Å². The zero-order chi connectivity index (χ0) is 9.26. The summed E-state index contributed by atoms with van der Waals surface area (Å²) in [6.45, 7) is 0. The quantitative estimate of drug-likeness (QED) is 0.631. The van der Waals surface area contributed by atoms with E-state index in [-0.39, 0.29) is 5.56 Å². The number of hydrogen-bond donors (Lipinski definition) is 2. The molecule has 0 saturated carbocycles. The van der Waals surface area contributed by atoms with Gasteiger partial charge in [0.05, 0.1) is 5.52 Å². The van der Waals surface area contributed by atoms with E-state index in [0.717, 1.165) is 10.9 Å². The number of benzene rings is 1. The average Bonchev–Trinajstić information content (AvgIpc) is 2.16. The topological polar surface area (TPSA) is 68.1 Å². The summed E-state index contributed by atoms with van der Waals surface area (Å²) in [4.78, 5) is 18.2. The molecule has 13 heavy (non-hydrogen) atoms. The fourth-order valence-corrected chi connectivity index (χ4v) is 1.20. The Morgan fingerprint density at radius 2 is 2.00 bits per heavy atom.